The molecule has 5 nitrogen and oxygen atoms in total. The topological polar surface area (TPSA) is 64.4 Å². The summed E-state index contributed by atoms with van der Waals surface area (Å²) in [6.45, 7) is 2.89. The van der Waals surface area contributed by atoms with Crippen molar-refractivity contribution >= 4 is 21.9 Å². The van der Waals surface area contributed by atoms with E-state index in [1.807, 2.05) is 25.1 Å². The molecule has 2 aromatic rings. The van der Waals surface area contributed by atoms with Crippen LogP contribution in [0.2, 0.25) is 0 Å². The van der Waals surface area contributed by atoms with Crippen molar-refractivity contribution in [3.05, 3.63) is 45.2 Å². The average Bonchev–Trinajstić information content (AvgIpc) is 2.82. The van der Waals surface area contributed by atoms with E-state index in [9.17, 15) is 9.90 Å². The predicted octanol–water partition coefficient (Wildman–Crippen LogP) is 2.71. The Balaban J connectivity index is 2.18. The van der Waals surface area contributed by atoms with Crippen molar-refractivity contribution in [1.82, 2.24) is 9.78 Å². The molecule has 0 saturated carbocycles. The number of carboxylic acids is 1. The van der Waals surface area contributed by atoms with Gasteiger partial charge in [-0.3, -0.25) is 0 Å². The number of rotatable bonds is 2. The lowest BCUT2D eigenvalue weighted by Gasteiger charge is -2.15. The first-order chi connectivity index (χ1) is 9.58. The average molecular weight is 337 g/mol. The number of aromatic nitrogens is 2. The Bertz CT molecular complexity index is 694. The molecule has 20 heavy (non-hydrogen) atoms. The van der Waals surface area contributed by atoms with Gasteiger partial charge in [0.05, 0.1) is 24.6 Å². The molecule has 1 aliphatic rings. The SMILES string of the molecule is Cc1cc(-n2nc(C(=O)O)c3c2CCOC3)ccc1Br. The minimum Gasteiger partial charge on any atom is -0.476 e. The summed E-state index contributed by atoms with van der Waals surface area (Å²) >= 11 is 3.46. The lowest BCUT2D eigenvalue weighted by atomic mass is 10.1. The summed E-state index contributed by atoms with van der Waals surface area (Å²) in [7, 11) is 0. The number of fused-ring (bicyclic) bond motifs is 1. The molecule has 0 amide bonds. The summed E-state index contributed by atoms with van der Waals surface area (Å²) in [5.74, 6) is -1.01. The molecule has 2 heterocycles. The van der Waals surface area contributed by atoms with Gasteiger partial charge in [0.25, 0.3) is 0 Å². The lowest BCUT2D eigenvalue weighted by Crippen LogP contribution is -2.13. The highest BCUT2D eigenvalue weighted by molar-refractivity contribution is 9.10. The third kappa shape index (κ3) is 2.14. The van der Waals surface area contributed by atoms with Crippen LogP contribution in [0, 0.1) is 6.92 Å². The molecule has 0 aliphatic carbocycles. The number of benzene rings is 1. The van der Waals surface area contributed by atoms with Gasteiger partial charge in [0.2, 0.25) is 0 Å². The monoisotopic (exact) mass is 336 g/mol. The number of ether oxygens (including phenoxy) is 1. The van der Waals surface area contributed by atoms with Crippen LogP contribution in [0.4, 0.5) is 0 Å². The zero-order valence-electron chi connectivity index (χ0n) is 10.9. The number of aromatic carboxylic acids is 1. The van der Waals surface area contributed by atoms with E-state index < -0.39 is 5.97 Å². The van der Waals surface area contributed by atoms with Crippen molar-refractivity contribution in [3.63, 3.8) is 0 Å². The van der Waals surface area contributed by atoms with Gasteiger partial charge in [0, 0.05) is 16.5 Å². The van der Waals surface area contributed by atoms with Crippen LogP contribution in [0.15, 0.2) is 22.7 Å². The third-order valence-electron chi connectivity index (χ3n) is 3.41. The normalized spacial score (nSPS) is 14.1. The molecule has 0 radical (unpaired) electrons. The smallest absolute Gasteiger partial charge is 0.356 e. The summed E-state index contributed by atoms with van der Waals surface area (Å²) in [5, 5.41) is 13.5. The summed E-state index contributed by atoms with van der Waals surface area (Å²) < 4.78 is 8.10. The van der Waals surface area contributed by atoms with Gasteiger partial charge in [-0.1, -0.05) is 15.9 Å². The number of halogens is 1. The summed E-state index contributed by atoms with van der Waals surface area (Å²) in [6.07, 6.45) is 0.671. The van der Waals surface area contributed by atoms with Gasteiger partial charge < -0.3 is 9.84 Å². The number of hydrogen-bond acceptors (Lipinski definition) is 3. The molecule has 0 fully saturated rings. The van der Waals surface area contributed by atoms with Crippen molar-refractivity contribution in [2.24, 2.45) is 0 Å². The van der Waals surface area contributed by atoms with E-state index in [-0.39, 0.29) is 5.69 Å². The lowest BCUT2D eigenvalue weighted by molar-refractivity contribution is 0.0677. The molecular weight excluding hydrogens is 324 g/mol. The van der Waals surface area contributed by atoms with Crippen LogP contribution < -0.4 is 0 Å². The van der Waals surface area contributed by atoms with E-state index in [1.54, 1.807) is 4.68 Å². The molecule has 0 saturated heterocycles. The second kappa shape index (κ2) is 5.03. The van der Waals surface area contributed by atoms with Gasteiger partial charge in [0.1, 0.15) is 0 Å². The van der Waals surface area contributed by atoms with Gasteiger partial charge in [-0.2, -0.15) is 5.10 Å². The number of nitrogens with zero attached hydrogens (tertiary/aromatic N) is 2. The van der Waals surface area contributed by atoms with Crippen molar-refractivity contribution in [1.29, 1.82) is 0 Å². The summed E-state index contributed by atoms with van der Waals surface area (Å²) in [4.78, 5) is 11.3. The second-order valence-electron chi connectivity index (χ2n) is 4.73. The Hall–Kier alpha value is -1.66. The molecule has 1 aromatic carbocycles. The van der Waals surface area contributed by atoms with Crippen LogP contribution in [0.25, 0.3) is 5.69 Å². The molecule has 1 aliphatic heterocycles. The standard InChI is InChI=1S/C14H13BrN2O3/c1-8-6-9(2-3-11(8)15)17-12-4-5-20-7-10(12)13(16-17)14(18)19/h2-3,6H,4-5,7H2,1H3,(H,18,19). The maximum absolute atomic E-state index is 11.3. The fourth-order valence-electron chi connectivity index (χ4n) is 2.38. The van der Waals surface area contributed by atoms with Crippen LogP contribution in [-0.4, -0.2) is 27.5 Å². The van der Waals surface area contributed by atoms with Gasteiger partial charge in [0.15, 0.2) is 5.69 Å². The zero-order valence-corrected chi connectivity index (χ0v) is 12.5. The molecule has 0 bridgehead atoms. The minimum absolute atomic E-state index is 0.0836. The maximum Gasteiger partial charge on any atom is 0.356 e. The van der Waals surface area contributed by atoms with Crippen molar-refractivity contribution < 1.29 is 14.6 Å². The molecule has 1 aromatic heterocycles. The highest BCUT2D eigenvalue weighted by Gasteiger charge is 2.25. The first kappa shape index (κ1) is 13.3. The van der Waals surface area contributed by atoms with Crippen molar-refractivity contribution in [3.8, 4) is 5.69 Å². The Morgan fingerprint density at radius 2 is 2.30 bits per heavy atom. The molecule has 0 unspecified atom stereocenters. The zero-order chi connectivity index (χ0) is 14.3. The Kier molecular flexibility index (Phi) is 3.35. The molecule has 3 rings (SSSR count). The van der Waals surface area contributed by atoms with E-state index in [2.05, 4.69) is 21.0 Å². The first-order valence-electron chi connectivity index (χ1n) is 6.26. The molecule has 6 heteroatoms. The quantitative estimate of drug-likeness (QED) is 0.915. The van der Waals surface area contributed by atoms with Gasteiger partial charge in [-0.05, 0) is 30.7 Å². The fraction of sp³-hybridized carbons (Fsp3) is 0.286. The van der Waals surface area contributed by atoms with Crippen LogP contribution in [0.5, 0.6) is 0 Å². The molecule has 0 atom stereocenters. The number of carboxylic acid groups (broad SMARTS) is 1. The largest absolute Gasteiger partial charge is 0.476 e. The molecule has 1 N–H and O–H groups in total. The number of carbonyl (C=O) groups is 1. The minimum atomic E-state index is -1.01. The Morgan fingerprint density at radius 3 is 3.00 bits per heavy atom. The van der Waals surface area contributed by atoms with Crippen LogP contribution in [-0.2, 0) is 17.8 Å². The van der Waals surface area contributed by atoms with Crippen LogP contribution in [0.1, 0.15) is 27.3 Å². The van der Waals surface area contributed by atoms with E-state index in [0.29, 0.717) is 25.2 Å². The third-order valence-corrected chi connectivity index (χ3v) is 4.30. The van der Waals surface area contributed by atoms with Gasteiger partial charge in [-0.25, -0.2) is 9.48 Å². The fourth-order valence-corrected chi connectivity index (χ4v) is 2.63. The first-order valence-corrected chi connectivity index (χ1v) is 7.05. The number of hydrogen-bond donors (Lipinski definition) is 1. The summed E-state index contributed by atoms with van der Waals surface area (Å²) in [5.41, 5.74) is 3.65. The van der Waals surface area contributed by atoms with E-state index in [1.165, 1.54) is 0 Å². The van der Waals surface area contributed by atoms with E-state index in [0.717, 1.165) is 21.4 Å². The summed E-state index contributed by atoms with van der Waals surface area (Å²) in [6, 6.07) is 5.85. The van der Waals surface area contributed by atoms with Crippen molar-refractivity contribution in [2.45, 2.75) is 20.0 Å². The number of aryl methyl sites for hydroxylation is 1. The molecule has 0 spiro atoms. The van der Waals surface area contributed by atoms with Crippen LogP contribution >= 0.6 is 15.9 Å². The van der Waals surface area contributed by atoms with Gasteiger partial charge >= 0.3 is 5.97 Å². The van der Waals surface area contributed by atoms with Crippen LogP contribution in [0.3, 0.4) is 0 Å². The van der Waals surface area contributed by atoms with Gasteiger partial charge in [-0.15, -0.1) is 0 Å². The highest BCUT2D eigenvalue weighted by atomic mass is 79.9. The van der Waals surface area contributed by atoms with Crippen molar-refractivity contribution in [2.75, 3.05) is 6.61 Å². The van der Waals surface area contributed by atoms with E-state index >= 15 is 0 Å². The maximum atomic E-state index is 11.3. The Labute approximate surface area is 124 Å². The molecule has 104 valence electrons. The molecular formula is C14H13BrN2O3. The van der Waals surface area contributed by atoms with E-state index in [4.69, 9.17) is 4.74 Å². The second-order valence-corrected chi connectivity index (χ2v) is 5.58. The highest BCUT2D eigenvalue weighted by Crippen LogP contribution is 2.26. The Morgan fingerprint density at radius 1 is 1.50 bits per heavy atom. The predicted molar refractivity (Wildman–Crippen MR) is 76.3 cm³/mol.